The molecule has 2 heterocycles. The monoisotopic (exact) mass is 442 g/mol. The second-order valence-electron chi connectivity index (χ2n) is 7.31. The average molecular weight is 443 g/mol. The number of methoxy groups -OCH3 is 1. The molecule has 4 rings (SSSR count). The number of carbonyl (C=O) groups is 1. The third-order valence-corrected chi connectivity index (χ3v) is 6.37. The average Bonchev–Trinajstić information content (AvgIpc) is 3.23. The van der Waals surface area contributed by atoms with Crippen molar-refractivity contribution in [2.45, 2.75) is 19.4 Å². The lowest BCUT2D eigenvalue weighted by Gasteiger charge is -2.31. The van der Waals surface area contributed by atoms with E-state index in [1.807, 2.05) is 42.5 Å². The first-order valence-electron chi connectivity index (χ1n) is 9.86. The molecular formula is C22H23ClN4O2S. The highest BCUT2D eigenvalue weighted by Gasteiger charge is 2.26. The van der Waals surface area contributed by atoms with Gasteiger partial charge in [-0.15, -0.1) is 10.2 Å². The fourth-order valence-corrected chi connectivity index (χ4v) is 4.54. The van der Waals surface area contributed by atoms with Crippen LogP contribution in [0.15, 0.2) is 48.5 Å². The minimum Gasteiger partial charge on any atom is -0.497 e. The van der Waals surface area contributed by atoms with Crippen LogP contribution in [0.1, 0.15) is 18.4 Å². The molecule has 0 aliphatic carbocycles. The van der Waals surface area contributed by atoms with Gasteiger partial charge in [0.15, 0.2) is 0 Å². The highest BCUT2D eigenvalue weighted by molar-refractivity contribution is 7.18. The highest BCUT2D eigenvalue weighted by Crippen LogP contribution is 2.29. The predicted octanol–water partition coefficient (Wildman–Crippen LogP) is 4.72. The molecular weight excluding hydrogens is 420 g/mol. The van der Waals surface area contributed by atoms with Crippen molar-refractivity contribution in [3.05, 3.63) is 59.1 Å². The molecule has 6 nitrogen and oxygen atoms in total. The minimum atomic E-state index is -0.00560. The summed E-state index contributed by atoms with van der Waals surface area (Å²) in [6, 6.07) is 15.6. The van der Waals surface area contributed by atoms with Crippen LogP contribution in [0.3, 0.4) is 0 Å². The van der Waals surface area contributed by atoms with Gasteiger partial charge in [0, 0.05) is 23.0 Å². The number of amides is 1. The molecule has 8 heteroatoms. The normalized spacial score (nSPS) is 15.1. The highest BCUT2D eigenvalue weighted by atomic mass is 35.5. The quantitative estimate of drug-likeness (QED) is 0.598. The molecule has 3 aromatic rings. The van der Waals surface area contributed by atoms with Gasteiger partial charge in [0.2, 0.25) is 11.0 Å². The largest absolute Gasteiger partial charge is 0.497 e. The van der Waals surface area contributed by atoms with Crippen molar-refractivity contribution < 1.29 is 9.53 Å². The molecule has 0 unspecified atom stereocenters. The Morgan fingerprint density at radius 3 is 2.67 bits per heavy atom. The Labute approximate surface area is 184 Å². The number of rotatable bonds is 6. The molecule has 2 aromatic carbocycles. The second kappa shape index (κ2) is 9.55. The number of nitrogens with one attached hydrogen (secondary N) is 1. The van der Waals surface area contributed by atoms with Gasteiger partial charge in [-0.2, -0.15) is 0 Å². The Bertz CT molecular complexity index is 1000. The summed E-state index contributed by atoms with van der Waals surface area (Å²) in [4.78, 5) is 15.0. The van der Waals surface area contributed by atoms with Gasteiger partial charge in [-0.05, 0) is 67.9 Å². The molecule has 30 heavy (non-hydrogen) atoms. The first kappa shape index (κ1) is 20.8. The number of benzene rings is 2. The van der Waals surface area contributed by atoms with Crippen molar-refractivity contribution in [1.82, 2.24) is 15.1 Å². The summed E-state index contributed by atoms with van der Waals surface area (Å²) in [7, 11) is 1.63. The summed E-state index contributed by atoms with van der Waals surface area (Å²) < 4.78 is 5.18. The van der Waals surface area contributed by atoms with Crippen LogP contribution in [0.2, 0.25) is 5.02 Å². The Morgan fingerprint density at radius 2 is 1.97 bits per heavy atom. The van der Waals surface area contributed by atoms with Crippen molar-refractivity contribution in [1.29, 1.82) is 0 Å². The van der Waals surface area contributed by atoms with E-state index in [4.69, 9.17) is 16.3 Å². The topological polar surface area (TPSA) is 67.4 Å². The number of piperidine rings is 1. The van der Waals surface area contributed by atoms with E-state index in [0.29, 0.717) is 5.13 Å². The molecule has 1 aliphatic rings. The van der Waals surface area contributed by atoms with Gasteiger partial charge < -0.3 is 10.1 Å². The lowest BCUT2D eigenvalue weighted by Crippen LogP contribution is -2.37. The van der Waals surface area contributed by atoms with Gasteiger partial charge in [-0.3, -0.25) is 9.69 Å². The number of anilines is 1. The zero-order valence-corrected chi connectivity index (χ0v) is 18.2. The Balaban J connectivity index is 1.29. The number of nitrogens with zero attached hydrogens (tertiary/aromatic N) is 3. The summed E-state index contributed by atoms with van der Waals surface area (Å²) in [5, 5.41) is 13.3. The number of halogens is 1. The van der Waals surface area contributed by atoms with Crippen molar-refractivity contribution in [2.75, 3.05) is 25.5 Å². The maximum Gasteiger partial charge on any atom is 0.229 e. The molecule has 0 bridgehead atoms. The zero-order valence-electron chi connectivity index (χ0n) is 16.7. The van der Waals surface area contributed by atoms with Crippen molar-refractivity contribution >= 4 is 34.0 Å². The number of hydrogen-bond donors (Lipinski definition) is 1. The number of hydrogen-bond acceptors (Lipinski definition) is 6. The molecule has 0 radical (unpaired) electrons. The summed E-state index contributed by atoms with van der Waals surface area (Å²) in [6.07, 6.45) is 1.66. The Kier molecular flexibility index (Phi) is 6.62. The molecule has 0 saturated carbocycles. The van der Waals surface area contributed by atoms with Gasteiger partial charge in [0.25, 0.3) is 0 Å². The fourth-order valence-electron chi connectivity index (χ4n) is 3.58. The van der Waals surface area contributed by atoms with E-state index in [1.54, 1.807) is 7.11 Å². The molecule has 1 aromatic heterocycles. The summed E-state index contributed by atoms with van der Waals surface area (Å²) in [5.41, 5.74) is 2.15. The molecule has 1 fully saturated rings. The SMILES string of the molecule is COc1ccc(-c2nnc(NC(=O)C3CCN(Cc4cccc(Cl)c4)CC3)s2)cc1. The van der Waals surface area contributed by atoms with Crippen LogP contribution in [0.25, 0.3) is 10.6 Å². The maximum atomic E-state index is 12.7. The van der Waals surface area contributed by atoms with Gasteiger partial charge in [0.1, 0.15) is 10.8 Å². The van der Waals surface area contributed by atoms with E-state index in [1.165, 1.54) is 16.9 Å². The molecule has 0 spiro atoms. The van der Waals surface area contributed by atoms with E-state index in [2.05, 4.69) is 26.5 Å². The minimum absolute atomic E-state index is 0.00560. The van der Waals surface area contributed by atoms with Crippen molar-refractivity contribution in [3.8, 4) is 16.3 Å². The Hall–Kier alpha value is -2.48. The smallest absolute Gasteiger partial charge is 0.229 e. The number of aromatic nitrogens is 2. The van der Waals surface area contributed by atoms with Crippen molar-refractivity contribution in [3.63, 3.8) is 0 Å². The summed E-state index contributed by atoms with van der Waals surface area (Å²) >= 11 is 7.45. The number of carbonyl (C=O) groups excluding carboxylic acids is 1. The van der Waals surface area contributed by atoms with Crippen LogP contribution in [-0.4, -0.2) is 41.2 Å². The van der Waals surface area contributed by atoms with Crippen LogP contribution < -0.4 is 10.1 Å². The molecule has 156 valence electrons. The van der Waals surface area contributed by atoms with E-state index in [9.17, 15) is 4.79 Å². The van der Waals surface area contributed by atoms with E-state index in [0.717, 1.165) is 53.8 Å². The van der Waals surface area contributed by atoms with E-state index in [-0.39, 0.29) is 11.8 Å². The first-order chi connectivity index (χ1) is 14.6. The fraction of sp³-hybridized carbons (Fsp3) is 0.318. The second-order valence-corrected chi connectivity index (χ2v) is 8.72. The standard InChI is InChI=1S/C22H23ClN4O2S/c1-29-19-7-5-17(6-8-19)21-25-26-22(30-21)24-20(28)16-9-11-27(12-10-16)14-15-3-2-4-18(23)13-15/h2-8,13,16H,9-12,14H2,1H3,(H,24,26,28). The zero-order chi connectivity index (χ0) is 20.9. The van der Waals surface area contributed by atoms with Crippen LogP contribution >= 0.6 is 22.9 Å². The lowest BCUT2D eigenvalue weighted by molar-refractivity contribution is -0.121. The first-order valence-corrected chi connectivity index (χ1v) is 11.1. The van der Waals surface area contributed by atoms with Crippen LogP contribution in [0.5, 0.6) is 5.75 Å². The van der Waals surface area contributed by atoms with Crippen LogP contribution in [0, 0.1) is 5.92 Å². The maximum absolute atomic E-state index is 12.7. The van der Waals surface area contributed by atoms with Crippen molar-refractivity contribution in [2.24, 2.45) is 5.92 Å². The summed E-state index contributed by atoms with van der Waals surface area (Å²) in [6.45, 7) is 2.63. The van der Waals surface area contributed by atoms with Gasteiger partial charge in [-0.25, -0.2) is 0 Å². The molecule has 0 atom stereocenters. The van der Waals surface area contributed by atoms with Gasteiger partial charge >= 0.3 is 0 Å². The summed E-state index contributed by atoms with van der Waals surface area (Å²) in [5.74, 6) is 0.808. The van der Waals surface area contributed by atoms with E-state index >= 15 is 0 Å². The third-order valence-electron chi connectivity index (χ3n) is 5.25. The van der Waals surface area contributed by atoms with E-state index < -0.39 is 0 Å². The van der Waals surface area contributed by atoms with Crippen LogP contribution in [0.4, 0.5) is 5.13 Å². The molecule has 1 amide bonds. The Morgan fingerprint density at radius 1 is 1.20 bits per heavy atom. The van der Waals surface area contributed by atoms with Gasteiger partial charge in [0.05, 0.1) is 7.11 Å². The number of ether oxygens (including phenoxy) is 1. The van der Waals surface area contributed by atoms with Crippen LogP contribution in [-0.2, 0) is 11.3 Å². The molecule has 1 saturated heterocycles. The van der Waals surface area contributed by atoms with Gasteiger partial charge in [-0.1, -0.05) is 35.1 Å². The number of likely N-dealkylation sites (tertiary alicyclic amines) is 1. The molecule has 1 N–H and O–H groups in total. The molecule has 1 aliphatic heterocycles. The predicted molar refractivity (Wildman–Crippen MR) is 120 cm³/mol. The third kappa shape index (κ3) is 5.16. The lowest BCUT2D eigenvalue weighted by atomic mass is 9.95.